The second-order valence-electron chi connectivity index (χ2n) is 6.18. The molecule has 7 nitrogen and oxygen atoms in total. The quantitative estimate of drug-likeness (QED) is 0.551. The molecule has 25 heavy (non-hydrogen) atoms. The van der Waals surface area contributed by atoms with Crippen LogP contribution < -0.4 is 10.1 Å². The van der Waals surface area contributed by atoms with Crippen LogP contribution in [0.15, 0.2) is 24.3 Å². The van der Waals surface area contributed by atoms with Gasteiger partial charge in [-0.15, -0.1) is 0 Å². The molecule has 1 unspecified atom stereocenters. The number of carbonyl (C=O) groups excluding carboxylic acids is 3. The van der Waals surface area contributed by atoms with Crippen LogP contribution in [0.4, 0.5) is 4.79 Å². The summed E-state index contributed by atoms with van der Waals surface area (Å²) in [5.41, 5.74) is -0.303. The lowest BCUT2D eigenvalue weighted by molar-refractivity contribution is -0.132. The second-order valence-corrected chi connectivity index (χ2v) is 6.18. The van der Waals surface area contributed by atoms with Crippen LogP contribution in [0.5, 0.6) is 5.75 Å². The zero-order chi connectivity index (χ0) is 18.6. The summed E-state index contributed by atoms with van der Waals surface area (Å²) in [4.78, 5) is 36.8. The molecule has 1 aromatic carbocycles. The Bertz CT molecular complexity index is 652. The summed E-state index contributed by atoms with van der Waals surface area (Å²) in [6, 6.07) is 6.06. The first kappa shape index (κ1) is 18.9. The van der Waals surface area contributed by atoms with Gasteiger partial charge in [-0.1, -0.05) is 13.8 Å². The first-order chi connectivity index (χ1) is 11.8. The van der Waals surface area contributed by atoms with Crippen LogP contribution in [0.25, 0.3) is 0 Å². The largest absolute Gasteiger partial charge is 0.491 e. The zero-order valence-corrected chi connectivity index (χ0v) is 14.7. The number of hydrogen-bond acceptors (Lipinski definition) is 5. The van der Waals surface area contributed by atoms with Crippen molar-refractivity contribution < 1.29 is 24.2 Å². The van der Waals surface area contributed by atoms with E-state index in [-0.39, 0.29) is 24.8 Å². The molecule has 0 aliphatic carbocycles. The number of ether oxygens (including phenoxy) is 1. The van der Waals surface area contributed by atoms with Crippen molar-refractivity contribution in [3.63, 3.8) is 0 Å². The minimum atomic E-state index is -1.01. The van der Waals surface area contributed by atoms with Gasteiger partial charge in [-0.25, -0.2) is 4.79 Å². The van der Waals surface area contributed by atoms with Crippen molar-refractivity contribution in [1.82, 2.24) is 10.2 Å². The number of aliphatic hydroxyl groups is 1. The molecular formula is C18H24N2O5. The maximum absolute atomic E-state index is 12.5. The number of hydrogen-bond donors (Lipinski definition) is 2. The third kappa shape index (κ3) is 3.99. The lowest BCUT2D eigenvalue weighted by atomic mass is 9.93. The van der Waals surface area contributed by atoms with Crippen LogP contribution >= 0.6 is 0 Å². The van der Waals surface area contributed by atoms with Crippen molar-refractivity contribution in [2.75, 3.05) is 13.2 Å². The highest BCUT2D eigenvalue weighted by molar-refractivity contribution is 6.07. The van der Waals surface area contributed by atoms with Crippen molar-refractivity contribution in [3.8, 4) is 5.75 Å². The van der Waals surface area contributed by atoms with E-state index in [0.717, 1.165) is 4.90 Å². The van der Waals surface area contributed by atoms with Gasteiger partial charge in [-0.05, 0) is 44.0 Å². The Balaban J connectivity index is 1.92. The Hall–Kier alpha value is -2.41. The van der Waals surface area contributed by atoms with Crippen LogP contribution in [0, 0.1) is 0 Å². The summed E-state index contributed by atoms with van der Waals surface area (Å²) in [5, 5.41) is 12.8. The molecule has 1 aromatic rings. The summed E-state index contributed by atoms with van der Waals surface area (Å²) in [7, 11) is 0. The minimum absolute atomic E-state index is 0.0412. The molecule has 7 heteroatoms. The number of ketones is 1. The maximum Gasteiger partial charge on any atom is 0.325 e. The van der Waals surface area contributed by atoms with E-state index in [2.05, 4.69) is 5.32 Å². The number of Topliss-reactive ketones (excluding diaryl/α,β-unsaturated/α-hetero) is 1. The molecule has 136 valence electrons. The number of rotatable bonds is 8. The van der Waals surface area contributed by atoms with Gasteiger partial charge in [0.05, 0.1) is 6.54 Å². The highest BCUT2D eigenvalue weighted by Crippen LogP contribution is 2.25. The smallest absolute Gasteiger partial charge is 0.325 e. The van der Waals surface area contributed by atoms with Crippen LogP contribution in [0.3, 0.4) is 0 Å². The molecule has 0 spiro atoms. The first-order valence-electron chi connectivity index (χ1n) is 8.39. The van der Waals surface area contributed by atoms with E-state index in [1.165, 1.54) is 6.92 Å². The molecule has 1 atom stereocenters. The maximum atomic E-state index is 12.5. The van der Waals surface area contributed by atoms with Crippen molar-refractivity contribution >= 4 is 17.7 Å². The Morgan fingerprint density at radius 2 is 1.84 bits per heavy atom. The van der Waals surface area contributed by atoms with Gasteiger partial charge in [-0.3, -0.25) is 14.5 Å². The van der Waals surface area contributed by atoms with Crippen molar-refractivity contribution in [1.29, 1.82) is 0 Å². The number of nitrogens with one attached hydrogen (secondary N) is 1. The van der Waals surface area contributed by atoms with Gasteiger partial charge in [-0.2, -0.15) is 0 Å². The number of nitrogens with zero attached hydrogens (tertiary/aromatic N) is 1. The summed E-state index contributed by atoms with van der Waals surface area (Å²) >= 11 is 0. The Morgan fingerprint density at radius 1 is 1.24 bits per heavy atom. The fourth-order valence-electron chi connectivity index (χ4n) is 2.81. The third-order valence-corrected chi connectivity index (χ3v) is 4.55. The van der Waals surface area contributed by atoms with Crippen LogP contribution in [0.1, 0.15) is 44.0 Å². The van der Waals surface area contributed by atoms with Crippen molar-refractivity contribution in [3.05, 3.63) is 29.8 Å². The van der Waals surface area contributed by atoms with Gasteiger partial charge in [0, 0.05) is 5.56 Å². The van der Waals surface area contributed by atoms with E-state index >= 15 is 0 Å². The van der Waals surface area contributed by atoms with E-state index in [0.29, 0.717) is 24.2 Å². The van der Waals surface area contributed by atoms with Crippen molar-refractivity contribution in [2.24, 2.45) is 0 Å². The lowest BCUT2D eigenvalue weighted by Gasteiger charge is -2.24. The van der Waals surface area contributed by atoms with Crippen LogP contribution in [-0.2, 0) is 4.79 Å². The predicted octanol–water partition coefficient (Wildman–Crippen LogP) is 1.74. The first-order valence-corrected chi connectivity index (χ1v) is 8.39. The highest BCUT2D eigenvalue weighted by Gasteiger charge is 2.48. The standard InChI is InChI=1S/C18H24N2O5/c1-4-18(5-2)16(23)20(17(24)19-18)10-14(22)11-25-15-8-6-13(7-9-15)12(3)21/h6-9,14,22H,4-5,10-11H2,1-3H3,(H,19,24). The normalized spacial score (nSPS) is 17.4. The number of carbonyl (C=O) groups is 3. The molecule has 2 N–H and O–H groups in total. The number of β-amino-alcohol motifs (C(OH)–C–C–N with tert-alkyl or cyclic N) is 1. The average Bonchev–Trinajstić information content (AvgIpc) is 2.85. The van der Waals surface area contributed by atoms with E-state index in [1.54, 1.807) is 24.3 Å². The predicted molar refractivity (Wildman–Crippen MR) is 91.5 cm³/mol. The molecule has 1 aliphatic rings. The Morgan fingerprint density at radius 3 is 2.32 bits per heavy atom. The Kier molecular flexibility index (Phi) is 5.79. The summed E-state index contributed by atoms with van der Waals surface area (Å²) < 4.78 is 5.46. The van der Waals surface area contributed by atoms with Crippen LogP contribution in [-0.4, -0.2) is 52.5 Å². The zero-order valence-electron chi connectivity index (χ0n) is 14.7. The molecule has 2 rings (SSSR count). The summed E-state index contributed by atoms with van der Waals surface area (Å²) in [6.45, 7) is 4.97. The molecule has 1 saturated heterocycles. The molecule has 0 radical (unpaired) electrons. The number of urea groups is 1. The SMILES string of the molecule is CCC1(CC)NC(=O)N(CC(O)COc2ccc(C(C)=O)cc2)C1=O. The number of benzene rings is 1. The lowest BCUT2D eigenvalue weighted by Crippen LogP contribution is -2.46. The molecule has 0 aromatic heterocycles. The minimum Gasteiger partial charge on any atom is -0.491 e. The average molecular weight is 348 g/mol. The van der Waals surface area contributed by atoms with Crippen LogP contribution in [0.2, 0.25) is 0 Å². The van der Waals surface area contributed by atoms with Gasteiger partial charge in [0.15, 0.2) is 5.78 Å². The van der Waals surface area contributed by atoms with E-state index < -0.39 is 17.7 Å². The fraction of sp³-hybridized carbons (Fsp3) is 0.500. The highest BCUT2D eigenvalue weighted by atomic mass is 16.5. The molecule has 0 saturated carbocycles. The molecule has 1 aliphatic heterocycles. The van der Waals surface area contributed by atoms with E-state index in [1.807, 2.05) is 13.8 Å². The summed E-state index contributed by atoms with van der Waals surface area (Å²) in [5.74, 6) is 0.144. The monoisotopic (exact) mass is 348 g/mol. The molecular weight excluding hydrogens is 324 g/mol. The number of imide groups is 1. The van der Waals surface area contributed by atoms with E-state index in [9.17, 15) is 19.5 Å². The van der Waals surface area contributed by atoms with Crippen molar-refractivity contribution in [2.45, 2.75) is 45.3 Å². The topological polar surface area (TPSA) is 95.9 Å². The van der Waals surface area contributed by atoms with Gasteiger partial charge in [0.2, 0.25) is 0 Å². The molecule has 3 amide bonds. The van der Waals surface area contributed by atoms with Gasteiger partial charge < -0.3 is 15.2 Å². The fourth-order valence-corrected chi connectivity index (χ4v) is 2.81. The molecule has 1 fully saturated rings. The third-order valence-electron chi connectivity index (χ3n) is 4.55. The molecule has 1 heterocycles. The number of amides is 3. The van der Waals surface area contributed by atoms with Gasteiger partial charge in [0.25, 0.3) is 5.91 Å². The van der Waals surface area contributed by atoms with Gasteiger partial charge >= 0.3 is 6.03 Å². The summed E-state index contributed by atoms with van der Waals surface area (Å²) in [6.07, 6.45) is -0.00835. The Labute approximate surface area is 147 Å². The number of aliphatic hydroxyl groups excluding tert-OH is 1. The second kappa shape index (κ2) is 7.65. The van der Waals surface area contributed by atoms with E-state index in [4.69, 9.17) is 4.74 Å². The molecule has 0 bridgehead atoms. The van der Waals surface area contributed by atoms with Gasteiger partial charge in [0.1, 0.15) is 24.0 Å².